The van der Waals surface area contributed by atoms with Crippen LogP contribution in [0.15, 0.2) is 131 Å². The van der Waals surface area contributed by atoms with E-state index in [9.17, 15) is 41.8 Å². The molecule has 6 aromatic rings. The number of halogens is 4. The summed E-state index contributed by atoms with van der Waals surface area (Å²) in [5, 5.41) is 35.3. The Hall–Kier alpha value is -5.30. The molecule has 0 amide bonds. The molecule has 4 heterocycles. The third kappa shape index (κ3) is 11.4. The average molecular weight is 1110 g/mol. The number of carboxylic acids is 1. The van der Waals surface area contributed by atoms with Crippen molar-refractivity contribution in [1.82, 2.24) is 14.3 Å². The zero-order valence-electron chi connectivity index (χ0n) is 41.7. The van der Waals surface area contributed by atoms with Gasteiger partial charge >= 0.3 is 11.5 Å². The molecule has 1 aromatic heterocycles. The maximum atomic E-state index is 15.3. The van der Waals surface area contributed by atoms with E-state index in [1.54, 1.807) is 12.1 Å². The average Bonchev–Trinajstić information content (AvgIpc) is 3.90. The predicted octanol–water partition coefficient (Wildman–Crippen LogP) is 11.3. The number of sulfone groups is 1. The van der Waals surface area contributed by atoms with Crippen LogP contribution in [-0.2, 0) is 20.9 Å². The molecule has 13 nitrogen and oxygen atoms in total. The highest BCUT2D eigenvalue weighted by Crippen LogP contribution is 2.66. The lowest BCUT2D eigenvalue weighted by molar-refractivity contribution is -0.0435. The molecule has 9 rings (SSSR count). The van der Waals surface area contributed by atoms with E-state index < -0.39 is 45.2 Å². The van der Waals surface area contributed by atoms with E-state index in [1.807, 2.05) is 109 Å². The van der Waals surface area contributed by atoms with Crippen molar-refractivity contribution in [3.05, 3.63) is 143 Å². The molecular formula is C55H61ClF3N6O7PS2. The molecule has 0 saturated carbocycles. The number of nitrogens with one attached hydrogen (secondary N) is 1. The molecule has 3 atom stereocenters. The first-order valence-corrected chi connectivity index (χ1v) is 29.7. The number of benzene rings is 5. The number of carbonyl (C=O) groups is 1. The number of aliphatic hydroxyl groups is 1. The summed E-state index contributed by atoms with van der Waals surface area (Å²) in [7, 11) is -10.1. The van der Waals surface area contributed by atoms with Gasteiger partial charge in [-0.2, -0.15) is 13.2 Å². The Kier molecular flexibility index (Phi) is 16.5. The number of rotatable bonds is 17. The second kappa shape index (κ2) is 22.7. The third-order valence-corrected chi connectivity index (χ3v) is 21.1. The molecule has 5 aromatic carbocycles. The van der Waals surface area contributed by atoms with Gasteiger partial charge in [-0.25, -0.2) is 13.2 Å². The number of piperazine rings is 1. The number of piperidine rings is 1. The van der Waals surface area contributed by atoms with E-state index in [1.165, 1.54) is 23.9 Å². The van der Waals surface area contributed by atoms with Gasteiger partial charge in [0.1, 0.15) is 4.90 Å². The number of alkyl halides is 3. The number of likely N-dealkylation sites (tertiary alicyclic amines) is 1. The molecule has 3 fully saturated rings. The summed E-state index contributed by atoms with van der Waals surface area (Å²) >= 11 is 7.73. The van der Waals surface area contributed by atoms with Gasteiger partial charge in [0, 0.05) is 109 Å². The van der Waals surface area contributed by atoms with Crippen LogP contribution in [0.25, 0.3) is 22.4 Å². The first-order chi connectivity index (χ1) is 35.9. The molecule has 0 radical (unpaired) electrons. The van der Waals surface area contributed by atoms with E-state index in [2.05, 4.69) is 20.0 Å². The van der Waals surface area contributed by atoms with Crippen LogP contribution < -0.4 is 20.4 Å². The van der Waals surface area contributed by atoms with Crippen LogP contribution in [0, 0.1) is 6.92 Å². The van der Waals surface area contributed by atoms with Crippen LogP contribution in [0.2, 0.25) is 5.02 Å². The van der Waals surface area contributed by atoms with Gasteiger partial charge in [-0.1, -0.05) is 66.2 Å². The molecule has 3 aliphatic rings. The number of aromatic carboxylic acids is 1. The van der Waals surface area contributed by atoms with Crippen LogP contribution in [0.5, 0.6) is 0 Å². The monoisotopic (exact) mass is 1100 g/mol. The zero-order valence-corrected chi connectivity index (χ0v) is 44.9. The normalized spacial score (nSPS) is 19.7. The maximum absolute atomic E-state index is 15.3. The number of carboxylic acid groups (broad SMARTS) is 1. The quantitative estimate of drug-likeness (QED) is 0.0505. The molecule has 3 aliphatic heterocycles. The van der Waals surface area contributed by atoms with Gasteiger partial charge in [0.2, 0.25) is 7.29 Å². The Morgan fingerprint density at radius 1 is 0.827 bits per heavy atom. The Balaban J connectivity index is 0.932. The van der Waals surface area contributed by atoms with E-state index >= 15 is 4.57 Å². The Labute approximate surface area is 445 Å². The summed E-state index contributed by atoms with van der Waals surface area (Å²) in [6, 6.07) is 35.2. The van der Waals surface area contributed by atoms with Crippen LogP contribution in [0.3, 0.4) is 0 Å². The lowest BCUT2D eigenvalue weighted by Gasteiger charge is -2.37. The smallest absolute Gasteiger partial charge is 0.478 e. The summed E-state index contributed by atoms with van der Waals surface area (Å²) < 4.78 is 87.9. The van der Waals surface area contributed by atoms with Crippen molar-refractivity contribution in [3.8, 4) is 22.4 Å². The number of hydrogen-bond donors (Lipinski definition) is 4. The molecular weight excluding hydrogens is 1040 g/mol. The number of hydroxylamine groups is 1. The van der Waals surface area contributed by atoms with Crippen molar-refractivity contribution in [2.45, 2.75) is 79.2 Å². The summed E-state index contributed by atoms with van der Waals surface area (Å²) in [5.74, 6) is -0.607. The van der Waals surface area contributed by atoms with Gasteiger partial charge in [0.25, 0.3) is 9.84 Å². The van der Waals surface area contributed by atoms with E-state index in [4.69, 9.17) is 11.6 Å². The third-order valence-electron chi connectivity index (χ3n) is 14.8. The number of anilines is 3. The van der Waals surface area contributed by atoms with Crippen molar-refractivity contribution in [2.75, 3.05) is 73.2 Å². The second-order valence-corrected chi connectivity index (χ2v) is 25.6. The molecule has 0 bridgehead atoms. The van der Waals surface area contributed by atoms with Gasteiger partial charge in [-0.3, -0.25) is 4.57 Å². The van der Waals surface area contributed by atoms with Crippen LogP contribution >= 0.6 is 30.7 Å². The number of nitrogens with zero attached hydrogens (tertiary/aromatic N) is 5. The van der Waals surface area contributed by atoms with Gasteiger partial charge in [-0.15, -0.1) is 16.6 Å². The highest BCUT2D eigenvalue weighted by molar-refractivity contribution is 7.99. The van der Waals surface area contributed by atoms with Crippen molar-refractivity contribution in [2.24, 2.45) is 0 Å². The molecule has 20 heteroatoms. The standard InChI is InChI=1S/C55H61ClF3N6O7PS2/c1-3-64-37(2)51(54(67)68)52(53(64)39-12-16-41(56)17-13-39)40-8-7-9-44(34-40)63-32-30-62(31-33-63)43-18-14-38(15-19-43)49-25-29-65(69)73(49,70)46-20-21-48(50(35-46)75(71,72)55(57,58)59)60-42(36-74-47-10-5-4-6-11-47)22-26-61-27-23-45(66)24-28-61/h4-21,34-35,42,45,49,60,66,69H,3,22-33,36H2,1-2H3,(H,67,68)/t42-,49+,73?/m1/s1. The minimum absolute atomic E-state index is 0.0510. The number of aromatic nitrogens is 1. The topological polar surface area (TPSA) is 159 Å². The molecule has 0 spiro atoms. The molecule has 4 N–H and O–H groups in total. The Morgan fingerprint density at radius 2 is 1.49 bits per heavy atom. The Bertz CT molecular complexity index is 3150. The minimum atomic E-state index is -5.98. The lowest BCUT2D eigenvalue weighted by Crippen LogP contribution is -2.46. The van der Waals surface area contributed by atoms with Gasteiger partial charge in [-0.05, 0) is 123 Å². The second-order valence-electron chi connectivity index (χ2n) is 19.3. The molecule has 398 valence electrons. The van der Waals surface area contributed by atoms with Crippen LogP contribution in [0.1, 0.15) is 59.9 Å². The number of aliphatic hydroxyl groups excluding tert-OH is 1. The fraction of sp³-hybridized carbons (Fsp3) is 0.364. The summed E-state index contributed by atoms with van der Waals surface area (Å²) in [5.41, 5.74) is -0.375. The van der Waals surface area contributed by atoms with Crippen molar-refractivity contribution in [3.63, 3.8) is 0 Å². The Morgan fingerprint density at radius 3 is 2.13 bits per heavy atom. The fourth-order valence-electron chi connectivity index (χ4n) is 10.8. The summed E-state index contributed by atoms with van der Waals surface area (Å²) in [4.78, 5) is 20.0. The first kappa shape index (κ1) is 54.5. The zero-order chi connectivity index (χ0) is 53.2. The van der Waals surface area contributed by atoms with Gasteiger partial charge < -0.3 is 40.0 Å². The molecule has 1 unspecified atom stereocenters. The van der Waals surface area contributed by atoms with Crippen LogP contribution in [-0.4, -0.2) is 120 Å². The van der Waals surface area contributed by atoms with E-state index in [0.717, 1.165) is 39.2 Å². The van der Waals surface area contributed by atoms with E-state index in [0.29, 0.717) is 104 Å². The number of thioether (sulfide) groups is 1. The molecule has 75 heavy (non-hydrogen) atoms. The van der Waals surface area contributed by atoms with Gasteiger partial charge in [0.05, 0.1) is 28.7 Å². The molecule has 0 aliphatic carbocycles. The highest BCUT2D eigenvalue weighted by Gasteiger charge is 2.51. The molecule has 3 saturated heterocycles. The van der Waals surface area contributed by atoms with Crippen LogP contribution in [0.4, 0.5) is 30.2 Å². The minimum Gasteiger partial charge on any atom is -0.478 e. The lowest BCUT2D eigenvalue weighted by atomic mass is 9.96. The largest absolute Gasteiger partial charge is 0.501 e. The highest BCUT2D eigenvalue weighted by atomic mass is 35.5. The van der Waals surface area contributed by atoms with E-state index in [-0.39, 0.29) is 35.6 Å². The SMILES string of the molecule is CCn1c(C)c(C(=O)O)c(-c2cccc(N3CCN(c4ccc([C@@H]5CCN(O)P5(=O)c5ccc(N[C@H](CCN6CCC(O)CC6)CSc6ccccc6)c(S(=O)(=O)C(F)(F)F)c5)cc4)CC3)c2)c1-c1ccc(Cl)cc1. The maximum Gasteiger partial charge on any atom is 0.501 e. The summed E-state index contributed by atoms with van der Waals surface area (Å²) in [6.45, 7) is 8.82. The number of hydrogen-bond acceptors (Lipinski definition) is 11. The fourth-order valence-corrected chi connectivity index (χ4v) is 15.9. The predicted molar refractivity (Wildman–Crippen MR) is 292 cm³/mol. The van der Waals surface area contributed by atoms with Crippen molar-refractivity contribution < 1.29 is 46.4 Å². The van der Waals surface area contributed by atoms with Crippen molar-refractivity contribution in [1.29, 1.82) is 0 Å². The van der Waals surface area contributed by atoms with Crippen molar-refractivity contribution >= 4 is 68.8 Å². The van der Waals surface area contributed by atoms with Gasteiger partial charge in [0.15, 0.2) is 0 Å². The first-order valence-electron chi connectivity index (χ1n) is 25.2. The summed E-state index contributed by atoms with van der Waals surface area (Å²) in [6.07, 6.45) is 1.51.